The second-order valence-corrected chi connectivity index (χ2v) is 6.20. The van der Waals surface area contributed by atoms with E-state index < -0.39 is 0 Å². The molecule has 4 rings (SSSR count). The number of benzene rings is 1. The van der Waals surface area contributed by atoms with Gasteiger partial charge >= 0.3 is 0 Å². The number of carbonyl (C=O) groups excluding carboxylic acids is 2. The van der Waals surface area contributed by atoms with Gasteiger partial charge in [-0.3, -0.25) is 9.59 Å². The van der Waals surface area contributed by atoms with Gasteiger partial charge < -0.3 is 15.5 Å². The minimum atomic E-state index is -0.167. The van der Waals surface area contributed by atoms with E-state index in [0.29, 0.717) is 17.8 Å². The minimum absolute atomic E-state index is 0.0336. The van der Waals surface area contributed by atoms with Crippen molar-refractivity contribution in [3.05, 3.63) is 35.5 Å². The fourth-order valence-electron chi connectivity index (χ4n) is 3.63. The van der Waals surface area contributed by atoms with Gasteiger partial charge in [0.1, 0.15) is 5.70 Å². The maximum absolute atomic E-state index is 12.8. The van der Waals surface area contributed by atoms with Crippen molar-refractivity contribution in [2.75, 3.05) is 17.2 Å². The Morgan fingerprint density at radius 3 is 2.36 bits per heavy atom. The highest BCUT2D eigenvalue weighted by Gasteiger charge is 2.39. The molecule has 0 unspecified atom stereocenters. The third-order valence-electron chi connectivity index (χ3n) is 4.83. The molecule has 0 spiro atoms. The van der Waals surface area contributed by atoms with Crippen molar-refractivity contribution in [1.82, 2.24) is 4.90 Å². The first-order valence-corrected chi connectivity index (χ1v) is 7.95. The van der Waals surface area contributed by atoms with E-state index in [-0.39, 0.29) is 17.9 Å². The summed E-state index contributed by atoms with van der Waals surface area (Å²) in [5, 5.41) is 6.08. The zero-order valence-electron chi connectivity index (χ0n) is 12.4. The summed E-state index contributed by atoms with van der Waals surface area (Å²) in [5.41, 5.74) is 2.51. The molecule has 2 amide bonds. The lowest BCUT2D eigenvalue weighted by molar-refractivity contribution is -0.127. The van der Waals surface area contributed by atoms with Gasteiger partial charge in [0, 0.05) is 6.04 Å². The molecule has 1 fully saturated rings. The largest absolute Gasteiger partial charge is 0.349 e. The molecule has 5 nitrogen and oxygen atoms in total. The number of hydrogen-bond acceptors (Lipinski definition) is 3. The maximum Gasteiger partial charge on any atom is 0.271 e. The molecular formula is C17H19N3O2. The Labute approximate surface area is 129 Å². The lowest BCUT2D eigenvalue weighted by Gasteiger charge is -2.31. The number of para-hydroxylation sites is 2. The lowest BCUT2D eigenvalue weighted by Crippen LogP contribution is -2.40. The van der Waals surface area contributed by atoms with Crippen LogP contribution in [-0.4, -0.2) is 29.3 Å². The van der Waals surface area contributed by atoms with Crippen LogP contribution in [0.15, 0.2) is 35.5 Å². The number of anilines is 2. The molecule has 0 bridgehead atoms. The van der Waals surface area contributed by atoms with Crippen LogP contribution in [0.5, 0.6) is 0 Å². The molecule has 2 heterocycles. The van der Waals surface area contributed by atoms with E-state index >= 15 is 0 Å². The average Bonchev–Trinajstić information content (AvgIpc) is 2.79. The summed E-state index contributed by atoms with van der Waals surface area (Å²) in [6.07, 6.45) is 5.68. The number of carbonyl (C=O) groups is 2. The Hall–Kier alpha value is -2.30. The highest BCUT2D eigenvalue weighted by Crippen LogP contribution is 2.34. The molecule has 1 saturated carbocycles. The van der Waals surface area contributed by atoms with E-state index in [9.17, 15) is 9.59 Å². The van der Waals surface area contributed by atoms with Crippen molar-refractivity contribution in [3.8, 4) is 0 Å². The number of hydrogen-bond donors (Lipinski definition) is 2. The monoisotopic (exact) mass is 297 g/mol. The van der Waals surface area contributed by atoms with Gasteiger partial charge in [0.05, 0.1) is 23.5 Å². The number of rotatable bonds is 1. The summed E-state index contributed by atoms with van der Waals surface area (Å²) in [6.45, 7) is 0.422. The van der Waals surface area contributed by atoms with Crippen molar-refractivity contribution >= 4 is 23.2 Å². The second-order valence-electron chi connectivity index (χ2n) is 6.20. The van der Waals surface area contributed by atoms with Gasteiger partial charge in [0.25, 0.3) is 11.8 Å². The Morgan fingerprint density at radius 1 is 0.955 bits per heavy atom. The van der Waals surface area contributed by atoms with Crippen LogP contribution in [0.4, 0.5) is 11.4 Å². The summed E-state index contributed by atoms with van der Waals surface area (Å²) in [5.74, 6) is -0.201. The number of amides is 2. The van der Waals surface area contributed by atoms with Gasteiger partial charge in [-0.05, 0) is 25.0 Å². The fraction of sp³-hybridized carbons (Fsp3) is 0.412. The normalized spacial score (nSPS) is 21.9. The Balaban J connectivity index is 1.64. The van der Waals surface area contributed by atoms with E-state index in [1.807, 2.05) is 29.2 Å². The predicted octanol–water partition coefficient (Wildman–Crippen LogP) is 2.48. The summed E-state index contributed by atoms with van der Waals surface area (Å²) in [6, 6.07) is 7.75. The molecule has 0 aromatic heterocycles. The van der Waals surface area contributed by atoms with Crippen LogP contribution in [0.3, 0.4) is 0 Å². The van der Waals surface area contributed by atoms with E-state index in [4.69, 9.17) is 0 Å². The van der Waals surface area contributed by atoms with Gasteiger partial charge in [-0.25, -0.2) is 0 Å². The standard InChI is InChI=1S/C17H19N3O2/c21-16-12-10-20(11-6-2-1-3-7-11)17(22)15(12)18-13-8-4-5-9-14(13)19-16/h4-5,8-9,11,18H,1-3,6-7,10H2,(H,19,21). The van der Waals surface area contributed by atoms with Gasteiger partial charge in [-0.1, -0.05) is 31.4 Å². The zero-order valence-corrected chi connectivity index (χ0v) is 12.4. The SMILES string of the molecule is O=C1Nc2ccccc2NC2=C1CN(C1CCCCC1)C2=O. The first-order valence-electron chi connectivity index (χ1n) is 7.95. The van der Waals surface area contributed by atoms with Gasteiger partial charge in [0.2, 0.25) is 0 Å². The quantitative estimate of drug-likeness (QED) is 0.837. The van der Waals surface area contributed by atoms with E-state index in [2.05, 4.69) is 10.6 Å². The smallest absolute Gasteiger partial charge is 0.271 e. The van der Waals surface area contributed by atoms with Crippen LogP contribution in [0.1, 0.15) is 32.1 Å². The Morgan fingerprint density at radius 2 is 1.64 bits per heavy atom. The first-order chi connectivity index (χ1) is 10.7. The van der Waals surface area contributed by atoms with Crippen LogP contribution in [0.2, 0.25) is 0 Å². The van der Waals surface area contributed by atoms with E-state index in [0.717, 1.165) is 24.2 Å². The molecule has 0 atom stereocenters. The Bertz CT molecular complexity index is 674. The lowest BCUT2D eigenvalue weighted by atomic mass is 9.94. The number of nitrogens with one attached hydrogen (secondary N) is 2. The molecule has 0 radical (unpaired) electrons. The summed E-state index contributed by atoms with van der Waals surface area (Å²) < 4.78 is 0. The van der Waals surface area contributed by atoms with Crippen molar-refractivity contribution < 1.29 is 9.59 Å². The molecule has 114 valence electrons. The van der Waals surface area contributed by atoms with Crippen LogP contribution in [-0.2, 0) is 9.59 Å². The summed E-state index contributed by atoms with van der Waals surface area (Å²) >= 11 is 0. The fourth-order valence-corrected chi connectivity index (χ4v) is 3.63. The van der Waals surface area contributed by atoms with Crippen molar-refractivity contribution in [2.45, 2.75) is 38.1 Å². The van der Waals surface area contributed by atoms with E-state index in [1.54, 1.807) is 0 Å². The van der Waals surface area contributed by atoms with Gasteiger partial charge in [-0.15, -0.1) is 0 Å². The third-order valence-corrected chi connectivity index (χ3v) is 4.83. The van der Waals surface area contributed by atoms with Crippen LogP contribution in [0.25, 0.3) is 0 Å². The van der Waals surface area contributed by atoms with Crippen LogP contribution < -0.4 is 10.6 Å². The van der Waals surface area contributed by atoms with Crippen molar-refractivity contribution in [3.63, 3.8) is 0 Å². The molecule has 22 heavy (non-hydrogen) atoms. The molecule has 1 aromatic carbocycles. The predicted molar refractivity (Wildman–Crippen MR) is 84.3 cm³/mol. The topological polar surface area (TPSA) is 61.4 Å². The van der Waals surface area contributed by atoms with E-state index in [1.165, 1.54) is 19.3 Å². The zero-order chi connectivity index (χ0) is 15.1. The van der Waals surface area contributed by atoms with Crippen molar-refractivity contribution in [1.29, 1.82) is 0 Å². The van der Waals surface area contributed by atoms with Gasteiger partial charge in [-0.2, -0.15) is 0 Å². The highest BCUT2D eigenvalue weighted by molar-refractivity contribution is 6.17. The van der Waals surface area contributed by atoms with Gasteiger partial charge in [0.15, 0.2) is 0 Å². The van der Waals surface area contributed by atoms with Crippen LogP contribution in [0, 0.1) is 0 Å². The maximum atomic E-state index is 12.8. The number of fused-ring (bicyclic) bond motifs is 1. The average molecular weight is 297 g/mol. The molecule has 2 aliphatic heterocycles. The van der Waals surface area contributed by atoms with Crippen LogP contribution >= 0.6 is 0 Å². The first kappa shape index (κ1) is 13.4. The third kappa shape index (κ3) is 2.08. The molecule has 0 saturated heterocycles. The Kier molecular flexibility index (Phi) is 3.13. The molecule has 5 heteroatoms. The summed E-state index contributed by atoms with van der Waals surface area (Å²) in [7, 11) is 0. The second kappa shape index (κ2) is 5.16. The highest BCUT2D eigenvalue weighted by atomic mass is 16.2. The summed E-state index contributed by atoms with van der Waals surface area (Å²) in [4.78, 5) is 27.1. The molecule has 3 aliphatic rings. The minimum Gasteiger partial charge on any atom is -0.349 e. The molecular weight excluding hydrogens is 278 g/mol. The molecule has 1 aliphatic carbocycles. The number of nitrogens with zero attached hydrogens (tertiary/aromatic N) is 1. The molecule has 1 aromatic rings. The molecule has 2 N–H and O–H groups in total. The van der Waals surface area contributed by atoms with Crippen molar-refractivity contribution in [2.24, 2.45) is 0 Å².